The first kappa shape index (κ1) is 9.98. The molecule has 0 radical (unpaired) electrons. The lowest BCUT2D eigenvalue weighted by atomic mass is 10.2. The van der Waals surface area contributed by atoms with Gasteiger partial charge in [-0.2, -0.15) is 0 Å². The SMILES string of the molecule is COc1c(C=O)cc(F)c(O)c1Br. The van der Waals surface area contributed by atoms with E-state index < -0.39 is 11.6 Å². The predicted octanol–water partition coefficient (Wildman–Crippen LogP) is 2.11. The Labute approximate surface area is 82.3 Å². The van der Waals surface area contributed by atoms with Gasteiger partial charge in [0, 0.05) is 0 Å². The maximum Gasteiger partial charge on any atom is 0.169 e. The zero-order valence-electron chi connectivity index (χ0n) is 6.67. The Bertz CT molecular complexity index is 352. The van der Waals surface area contributed by atoms with Gasteiger partial charge in [0.2, 0.25) is 0 Å². The maximum absolute atomic E-state index is 12.8. The highest BCUT2D eigenvalue weighted by molar-refractivity contribution is 9.10. The third-order valence-electron chi connectivity index (χ3n) is 1.51. The monoisotopic (exact) mass is 248 g/mol. The number of halogens is 2. The van der Waals surface area contributed by atoms with Gasteiger partial charge in [-0.1, -0.05) is 0 Å². The van der Waals surface area contributed by atoms with Crippen molar-refractivity contribution in [3.05, 3.63) is 21.9 Å². The van der Waals surface area contributed by atoms with Crippen molar-refractivity contribution in [2.75, 3.05) is 7.11 Å². The molecule has 0 aliphatic heterocycles. The van der Waals surface area contributed by atoms with Crippen LogP contribution in [0.3, 0.4) is 0 Å². The van der Waals surface area contributed by atoms with E-state index in [0.717, 1.165) is 6.07 Å². The number of hydrogen-bond donors (Lipinski definition) is 1. The molecule has 1 rings (SSSR count). The lowest BCUT2D eigenvalue weighted by Crippen LogP contribution is -1.94. The standard InChI is InChI=1S/C8H6BrFO3/c1-13-8-4(3-11)2-5(10)7(12)6(8)9/h2-3,12H,1H3. The molecule has 0 saturated carbocycles. The highest BCUT2D eigenvalue weighted by Gasteiger charge is 2.15. The largest absolute Gasteiger partial charge is 0.504 e. The second-order valence-electron chi connectivity index (χ2n) is 2.26. The summed E-state index contributed by atoms with van der Waals surface area (Å²) >= 11 is 2.91. The van der Waals surface area contributed by atoms with Crippen LogP contribution in [-0.4, -0.2) is 18.5 Å². The fraction of sp³-hybridized carbons (Fsp3) is 0.125. The lowest BCUT2D eigenvalue weighted by Gasteiger charge is -2.07. The molecule has 0 saturated heterocycles. The number of carbonyl (C=O) groups is 1. The summed E-state index contributed by atoms with van der Waals surface area (Å²) in [7, 11) is 1.32. The third kappa shape index (κ3) is 1.65. The normalized spacial score (nSPS) is 9.77. The summed E-state index contributed by atoms with van der Waals surface area (Å²) in [5, 5.41) is 9.12. The van der Waals surface area contributed by atoms with Gasteiger partial charge in [-0.25, -0.2) is 4.39 Å². The number of methoxy groups -OCH3 is 1. The summed E-state index contributed by atoms with van der Waals surface area (Å²) in [6.45, 7) is 0. The number of carbonyl (C=O) groups excluding carboxylic acids is 1. The second kappa shape index (κ2) is 3.74. The maximum atomic E-state index is 12.8. The molecule has 0 amide bonds. The summed E-state index contributed by atoms with van der Waals surface area (Å²) in [6.07, 6.45) is 0.451. The minimum absolute atomic E-state index is 0.0390. The Balaban J connectivity index is 3.47. The molecule has 0 atom stereocenters. The van der Waals surface area contributed by atoms with E-state index in [2.05, 4.69) is 15.9 Å². The van der Waals surface area contributed by atoms with Gasteiger partial charge in [0.25, 0.3) is 0 Å². The fourth-order valence-corrected chi connectivity index (χ4v) is 1.48. The topological polar surface area (TPSA) is 46.5 Å². The number of aldehydes is 1. The average Bonchev–Trinajstić information content (AvgIpc) is 2.13. The van der Waals surface area contributed by atoms with E-state index in [1.54, 1.807) is 0 Å². The van der Waals surface area contributed by atoms with Crippen molar-refractivity contribution in [2.24, 2.45) is 0 Å². The molecule has 1 aromatic carbocycles. The van der Waals surface area contributed by atoms with E-state index in [4.69, 9.17) is 9.84 Å². The molecular formula is C8H6BrFO3. The van der Waals surface area contributed by atoms with Crippen molar-refractivity contribution < 1.29 is 19.0 Å². The van der Waals surface area contributed by atoms with Gasteiger partial charge >= 0.3 is 0 Å². The van der Waals surface area contributed by atoms with Crippen molar-refractivity contribution in [1.29, 1.82) is 0 Å². The van der Waals surface area contributed by atoms with Gasteiger partial charge in [0.15, 0.2) is 17.9 Å². The van der Waals surface area contributed by atoms with E-state index >= 15 is 0 Å². The Morgan fingerprint density at radius 1 is 1.69 bits per heavy atom. The first-order chi connectivity index (χ1) is 6.11. The minimum Gasteiger partial charge on any atom is -0.504 e. The molecule has 5 heteroatoms. The van der Waals surface area contributed by atoms with Gasteiger partial charge in [-0.3, -0.25) is 4.79 Å². The third-order valence-corrected chi connectivity index (χ3v) is 2.24. The van der Waals surface area contributed by atoms with Gasteiger partial charge in [0.05, 0.1) is 12.7 Å². The van der Waals surface area contributed by atoms with Crippen molar-refractivity contribution >= 4 is 22.2 Å². The summed E-state index contributed by atoms with van der Waals surface area (Å²) in [6, 6.07) is 0.909. The molecule has 0 spiro atoms. The number of rotatable bonds is 2. The van der Waals surface area contributed by atoms with E-state index in [-0.39, 0.29) is 15.8 Å². The Morgan fingerprint density at radius 3 is 2.77 bits per heavy atom. The van der Waals surface area contributed by atoms with Crippen LogP contribution in [0.4, 0.5) is 4.39 Å². The predicted molar refractivity (Wildman–Crippen MR) is 47.7 cm³/mol. The van der Waals surface area contributed by atoms with Crippen LogP contribution in [0.5, 0.6) is 11.5 Å². The van der Waals surface area contributed by atoms with Crippen LogP contribution >= 0.6 is 15.9 Å². The number of aromatic hydroxyl groups is 1. The molecule has 70 valence electrons. The summed E-state index contributed by atoms with van der Waals surface area (Å²) in [4.78, 5) is 10.5. The first-order valence-electron chi connectivity index (χ1n) is 3.32. The van der Waals surface area contributed by atoms with Gasteiger partial charge in [0.1, 0.15) is 10.2 Å². The minimum atomic E-state index is -0.866. The molecule has 0 fully saturated rings. The van der Waals surface area contributed by atoms with Gasteiger partial charge in [-0.15, -0.1) is 0 Å². The quantitative estimate of drug-likeness (QED) is 0.816. The first-order valence-corrected chi connectivity index (χ1v) is 4.11. The van der Waals surface area contributed by atoms with Crippen molar-refractivity contribution in [2.45, 2.75) is 0 Å². The van der Waals surface area contributed by atoms with Crippen LogP contribution in [0.25, 0.3) is 0 Å². The Hall–Kier alpha value is -1.10. The fourth-order valence-electron chi connectivity index (χ4n) is 0.905. The molecule has 0 aromatic heterocycles. The Kier molecular flexibility index (Phi) is 2.87. The molecule has 0 aliphatic carbocycles. The van der Waals surface area contributed by atoms with Crippen LogP contribution in [0.15, 0.2) is 10.5 Å². The summed E-state index contributed by atoms with van der Waals surface area (Å²) in [5.41, 5.74) is 0.0460. The molecule has 13 heavy (non-hydrogen) atoms. The zero-order chi connectivity index (χ0) is 10.0. The molecular weight excluding hydrogens is 243 g/mol. The van der Waals surface area contributed by atoms with E-state index in [1.807, 2.05) is 0 Å². The number of ether oxygens (including phenoxy) is 1. The number of benzene rings is 1. The highest BCUT2D eigenvalue weighted by Crippen LogP contribution is 2.37. The zero-order valence-corrected chi connectivity index (χ0v) is 8.26. The molecule has 1 aromatic rings. The molecule has 0 heterocycles. The van der Waals surface area contributed by atoms with Crippen molar-refractivity contribution in [3.8, 4) is 11.5 Å². The number of hydrogen-bond acceptors (Lipinski definition) is 3. The van der Waals surface area contributed by atoms with Crippen LogP contribution in [-0.2, 0) is 0 Å². The molecule has 0 bridgehead atoms. The van der Waals surface area contributed by atoms with Gasteiger partial charge in [-0.05, 0) is 22.0 Å². The molecule has 0 aliphatic rings. The van der Waals surface area contributed by atoms with Crippen LogP contribution in [0.1, 0.15) is 10.4 Å². The van der Waals surface area contributed by atoms with Crippen LogP contribution in [0.2, 0.25) is 0 Å². The smallest absolute Gasteiger partial charge is 0.169 e. The van der Waals surface area contributed by atoms with Crippen LogP contribution < -0.4 is 4.74 Å². The van der Waals surface area contributed by atoms with E-state index in [0.29, 0.717) is 6.29 Å². The lowest BCUT2D eigenvalue weighted by molar-refractivity contribution is 0.112. The summed E-state index contributed by atoms with van der Waals surface area (Å²) in [5.74, 6) is -1.31. The van der Waals surface area contributed by atoms with Crippen molar-refractivity contribution in [1.82, 2.24) is 0 Å². The Morgan fingerprint density at radius 2 is 2.31 bits per heavy atom. The van der Waals surface area contributed by atoms with Crippen LogP contribution in [0, 0.1) is 5.82 Å². The molecule has 0 unspecified atom stereocenters. The van der Waals surface area contributed by atoms with Gasteiger partial charge < -0.3 is 9.84 Å². The number of phenolic OH excluding ortho intramolecular Hbond substituents is 1. The average molecular weight is 249 g/mol. The molecule has 3 nitrogen and oxygen atoms in total. The molecule has 1 N–H and O–H groups in total. The van der Waals surface area contributed by atoms with E-state index in [9.17, 15) is 9.18 Å². The van der Waals surface area contributed by atoms with E-state index in [1.165, 1.54) is 7.11 Å². The summed E-state index contributed by atoms with van der Waals surface area (Å²) < 4.78 is 17.7. The van der Waals surface area contributed by atoms with Crippen molar-refractivity contribution in [3.63, 3.8) is 0 Å². The number of phenols is 1. The highest BCUT2D eigenvalue weighted by atomic mass is 79.9. The second-order valence-corrected chi connectivity index (χ2v) is 3.05.